The molecule has 0 N–H and O–H groups in total. The fourth-order valence-corrected chi connectivity index (χ4v) is 7.32. The van der Waals surface area contributed by atoms with Crippen LogP contribution < -0.4 is 9.34 Å². The van der Waals surface area contributed by atoms with Gasteiger partial charge in [-0.05, 0) is 47.8 Å². The zero-order chi connectivity index (χ0) is 15.6. The first-order valence-corrected chi connectivity index (χ1v) is 10.3. The molecular weight excluding hydrogens is 307 g/mol. The summed E-state index contributed by atoms with van der Waals surface area (Å²) in [4.78, 5) is 0. The van der Waals surface area contributed by atoms with Crippen LogP contribution in [0.3, 0.4) is 0 Å². The van der Waals surface area contributed by atoms with Gasteiger partial charge in [-0.25, -0.2) is 0 Å². The fraction of sp³-hybridized carbons (Fsp3) is 0.222. The van der Waals surface area contributed by atoms with Crippen molar-refractivity contribution in [3.63, 3.8) is 0 Å². The van der Waals surface area contributed by atoms with E-state index >= 15 is 0 Å². The second-order valence-electron chi connectivity index (χ2n) is 5.38. The number of anilines is 2. The van der Waals surface area contributed by atoms with Gasteiger partial charge in [-0.2, -0.15) is 0 Å². The van der Waals surface area contributed by atoms with E-state index in [-0.39, 0.29) is 0 Å². The van der Waals surface area contributed by atoms with E-state index in [4.69, 9.17) is 11.8 Å². The van der Waals surface area contributed by atoms with E-state index < -0.39 is 6.34 Å². The van der Waals surface area contributed by atoms with Crippen molar-refractivity contribution in [2.45, 2.75) is 13.3 Å². The Morgan fingerprint density at radius 1 is 0.955 bits per heavy atom. The summed E-state index contributed by atoms with van der Waals surface area (Å²) in [5.41, 5.74) is 2.41. The van der Waals surface area contributed by atoms with E-state index in [9.17, 15) is 0 Å². The van der Waals surface area contributed by atoms with E-state index in [1.54, 1.807) is 0 Å². The predicted octanol–water partition coefficient (Wildman–Crippen LogP) is 5.25. The summed E-state index contributed by atoms with van der Waals surface area (Å²) in [7, 11) is 0. The first kappa shape index (κ1) is 15.3. The molecule has 22 heavy (non-hydrogen) atoms. The van der Waals surface area contributed by atoms with Gasteiger partial charge in [0.1, 0.15) is 6.34 Å². The van der Waals surface area contributed by atoms with Gasteiger partial charge in [0.05, 0.1) is 0 Å². The molecule has 0 aromatic heterocycles. The third-order valence-corrected chi connectivity index (χ3v) is 9.37. The highest BCUT2D eigenvalue weighted by molar-refractivity contribution is 8.18. The zero-order valence-corrected chi connectivity index (χ0v) is 14.6. The molecule has 1 heterocycles. The molecule has 2 nitrogen and oxygen atoms in total. The molecule has 2 aromatic carbocycles. The Balaban J connectivity index is 2.07. The van der Waals surface area contributed by atoms with Crippen LogP contribution in [0.25, 0.3) is 0 Å². The van der Waals surface area contributed by atoms with E-state index in [1.165, 1.54) is 16.7 Å². The first-order chi connectivity index (χ1) is 10.7. The van der Waals surface area contributed by atoms with Crippen LogP contribution in [0.2, 0.25) is 0 Å². The summed E-state index contributed by atoms with van der Waals surface area (Å²) < 4.78 is 4.81. The highest BCUT2D eigenvalue weighted by Gasteiger charge is 2.40. The molecule has 0 spiro atoms. The summed E-state index contributed by atoms with van der Waals surface area (Å²) in [5, 5.41) is 1.17. The molecule has 1 fully saturated rings. The highest BCUT2D eigenvalue weighted by Crippen LogP contribution is 2.66. The third kappa shape index (κ3) is 2.49. The minimum absolute atomic E-state index is 0.921. The van der Waals surface area contributed by atoms with Crippen molar-refractivity contribution in [1.29, 1.82) is 0 Å². The first-order valence-electron chi connectivity index (χ1n) is 7.62. The maximum Gasteiger partial charge on any atom is 0.149 e. The summed E-state index contributed by atoms with van der Waals surface area (Å²) in [5.74, 6) is 0. The van der Waals surface area contributed by atoms with Gasteiger partial charge in [0.15, 0.2) is 0 Å². The highest BCUT2D eigenvalue weighted by atomic mass is 32.4. The van der Waals surface area contributed by atoms with Crippen LogP contribution in [0.1, 0.15) is 13.3 Å². The Morgan fingerprint density at radius 2 is 1.36 bits per heavy atom. The summed E-state index contributed by atoms with van der Waals surface area (Å²) in [6.07, 6.45) is -1.10. The van der Waals surface area contributed by atoms with Crippen LogP contribution in [0, 0.1) is 0 Å². The van der Waals surface area contributed by atoms with Crippen LogP contribution >= 0.6 is 6.34 Å². The van der Waals surface area contributed by atoms with Crippen molar-refractivity contribution < 1.29 is 0 Å². The maximum atomic E-state index is 6.26. The lowest BCUT2D eigenvalue weighted by Crippen LogP contribution is -2.19. The Bertz CT molecular complexity index is 648. The number of allylic oxidation sites excluding steroid dienone is 1. The molecular formula is C18H21N2PS. The summed E-state index contributed by atoms with van der Waals surface area (Å²) in [6.45, 7) is 8.40. The summed E-state index contributed by atoms with van der Waals surface area (Å²) >= 11 is 6.26. The van der Waals surface area contributed by atoms with Crippen LogP contribution in [0.5, 0.6) is 0 Å². The topological polar surface area (TPSA) is 6.48 Å². The average molecular weight is 328 g/mol. The van der Waals surface area contributed by atoms with Gasteiger partial charge in [-0.15, -0.1) is 0 Å². The SMILES string of the molecule is C=C(CC)P1(=S)N(c2ccccc2)CCN1c1ccccc1. The minimum atomic E-state index is -2.02. The van der Waals surface area contributed by atoms with Gasteiger partial charge in [0.2, 0.25) is 0 Å². The molecule has 1 aliphatic heterocycles. The molecule has 3 rings (SSSR count). The van der Waals surface area contributed by atoms with Crippen molar-refractivity contribution in [2.75, 3.05) is 22.4 Å². The minimum Gasteiger partial charge on any atom is -0.323 e. The van der Waals surface area contributed by atoms with E-state index in [0.717, 1.165) is 19.5 Å². The number of nitrogens with zero attached hydrogens (tertiary/aromatic N) is 2. The standard InChI is InChI=1S/C18H21N2PS/c1-3-16(2)21(22)19(17-10-6-4-7-11-17)14-15-20(21)18-12-8-5-9-13-18/h4-13H,2-3,14-15H2,1H3. The number of benzene rings is 2. The largest absolute Gasteiger partial charge is 0.323 e. The second-order valence-corrected chi connectivity index (χ2v) is 9.59. The molecule has 0 radical (unpaired) electrons. The monoisotopic (exact) mass is 328 g/mol. The van der Waals surface area contributed by atoms with E-state index in [1.807, 2.05) is 12.1 Å². The van der Waals surface area contributed by atoms with Crippen LogP contribution in [-0.4, -0.2) is 13.1 Å². The van der Waals surface area contributed by atoms with Crippen LogP contribution in [0.4, 0.5) is 11.4 Å². The number of para-hydroxylation sites is 2. The lowest BCUT2D eigenvalue weighted by Gasteiger charge is -2.37. The Kier molecular flexibility index (Phi) is 4.37. The maximum absolute atomic E-state index is 6.26. The number of rotatable bonds is 4. The third-order valence-electron chi connectivity index (χ3n) is 4.11. The quantitative estimate of drug-likeness (QED) is 0.708. The molecule has 0 aliphatic carbocycles. The Labute approximate surface area is 138 Å². The lowest BCUT2D eigenvalue weighted by atomic mass is 10.3. The van der Waals surface area contributed by atoms with Gasteiger partial charge in [-0.1, -0.05) is 49.9 Å². The van der Waals surface area contributed by atoms with Crippen LogP contribution in [0.15, 0.2) is 72.6 Å². The Hall–Kier alpha value is -1.57. The van der Waals surface area contributed by atoms with Crippen molar-refractivity contribution in [3.8, 4) is 0 Å². The second kappa shape index (κ2) is 6.28. The smallest absolute Gasteiger partial charge is 0.149 e. The van der Waals surface area contributed by atoms with Gasteiger partial charge in [0.25, 0.3) is 0 Å². The molecule has 0 bridgehead atoms. The molecule has 114 valence electrons. The van der Waals surface area contributed by atoms with Gasteiger partial charge in [0, 0.05) is 24.5 Å². The van der Waals surface area contributed by atoms with E-state index in [0.29, 0.717) is 0 Å². The molecule has 1 aliphatic rings. The van der Waals surface area contributed by atoms with Crippen molar-refractivity contribution >= 4 is 29.5 Å². The van der Waals surface area contributed by atoms with Gasteiger partial charge < -0.3 is 9.34 Å². The zero-order valence-electron chi connectivity index (χ0n) is 12.9. The predicted molar refractivity (Wildman–Crippen MR) is 101 cm³/mol. The van der Waals surface area contributed by atoms with Crippen LogP contribution in [-0.2, 0) is 11.8 Å². The normalized spacial score (nSPS) is 16.8. The van der Waals surface area contributed by atoms with E-state index in [2.05, 4.69) is 71.4 Å². The van der Waals surface area contributed by atoms with Gasteiger partial charge in [-0.3, -0.25) is 0 Å². The van der Waals surface area contributed by atoms with Crippen molar-refractivity contribution in [2.24, 2.45) is 0 Å². The molecule has 1 saturated heterocycles. The summed E-state index contributed by atoms with van der Waals surface area (Å²) in [6, 6.07) is 21.0. The average Bonchev–Trinajstić information content (AvgIpc) is 2.94. The molecule has 0 amide bonds. The van der Waals surface area contributed by atoms with Gasteiger partial charge >= 0.3 is 0 Å². The molecule has 0 atom stereocenters. The molecule has 4 heteroatoms. The van der Waals surface area contributed by atoms with Crippen molar-refractivity contribution in [1.82, 2.24) is 0 Å². The molecule has 0 unspecified atom stereocenters. The lowest BCUT2D eigenvalue weighted by molar-refractivity contribution is 1.02. The number of hydrogen-bond acceptors (Lipinski definition) is 1. The fourth-order valence-electron chi connectivity index (χ4n) is 2.91. The van der Waals surface area contributed by atoms with Crippen molar-refractivity contribution in [3.05, 3.63) is 72.6 Å². The number of hydrogen-bond donors (Lipinski definition) is 0. The molecule has 0 saturated carbocycles. The Morgan fingerprint density at radius 3 is 1.73 bits per heavy atom. The molecule has 2 aromatic rings.